The highest BCUT2D eigenvalue weighted by Gasteiger charge is 2.37. The summed E-state index contributed by atoms with van der Waals surface area (Å²) in [5, 5.41) is 9.59. The van der Waals surface area contributed by atoms with Gasteiger partial charge >= 0.3 is 5.97 Å². The van der Waals surface area contributed by atoms with Crippen molar-refractivity contribution in [3.05, 3.63) is 63.1 Å². The van der Waals surface area contributed by atoms with Crippen LogP contribution in [-0.2, 0) is 26.9 Å². The van der Waals surface area contributed by atoms with Crippen molar-refractivity contribution in [2.45, 2.75) is 78.2 Å². The molecule has 2 aromatic rings. The van der Waals surface area contributed by atoms with Crippen LogP contribution in [-0.4, -0.2) is 44.9 Å². The number of thioether (sulfide) groups is 1. The van der Waals surface area contributed by atoms with E-state index in [1.165, 1.54) is 27.8 Å². The topological polar surface area (TPSA) is 119 Å². The molecule has 0 spiro atoms. The third-order valence-electron chi connectivity index (χ3n) is 7.17. The molecule has 0 atom stereocenters. The Hall–Kier alpha value is -2.91. The molecular formula is C28H38N4O4S. The van der Waals surface area contributed by atoms with Crippen LogP contribution in [0.5, 0.6) is 0 Å². The standard InChI is InChI=1S/C28H38N4O4S/c1-18(32(16-34)15-21-14-30-19(2)31-25(21)29)24(9-12-33)37-17-36-26(35)20-7-8-22-23(13-20)28(5,6)11-10-27(22,3)4/h7-8,13-14,16,33H,9-12,15,17H2,1-6H3,(H2,29,30,31)/b24-18-. The van der Waals surface area contributed by atoms with Crippen molar-refractivity contribution in [2.75, 3.05) is 18.3 Å². The number of nitrogens with two attached hydrogens (primary N) is 1. The van der Waals surface area contributed by atoms with E-state index < -0.39 is 5.97 Å². The molecule has 9 heteroatoms. The quantitative estimate of drug-likeness (QED) is 0.257. The van der Waals surface area contributed by atoms with Gasteiger partial charge in [-0.2, -0.15) is 0 Å². The fourth-order valence-electron chi connectivity index (χ4n) is 4.63. The number of nitrogen functional groups attached to an aromatic ring is 1. The first kappa shape index (κ1) is 28.7. The third-order valence-corrected chi connectivity index (χ3v) is 8.26. The number of ether oxygens (including phenoxy) is 1. The van der Waals surface area contributed by atoms with Gasteiger partial charge in [0.2, 0.25) is 6.41 Å². The van der Waals surface area contributed by atoms with Crippen molar-refractivity contribution >= 4 is 30.0 Å². The zero-order valence-electron chi connectivity index (χ0n) is 22.6. The maximum atomic E-state index is 12.9. The molecule has 8 nitrogen and oxygen atoms in total. The van der Waals surface area contributed by atoms with Gasteiger partial charge < -0.3 is 20.5 Å². The fraction of sp³-hybridized carbons (Fsp3) is 0.500. The van der Waals surface area contributed by atoms with Gasteiger partial charge in [0, 0.05) is 35.4 Å². The van der Waals surface area contributed by atoms with Crippen molar-refractivity contribution in [3.8, 4) is 0 Å². The number of aryl methyl sites for hydroxylation is 1. The Morgan fingerprint density at radius 3 is 2.51 bits per heavy atom. The molecule has 0 saturated carbocycles. The highest BCUT2D eigenvalue weighted by atomic mass is 32.2. The van der Waals surface area contributed by atoms with E-state index in [0.717, 1.165) is 17.7 Å². The lowest BCUT2D eigenvalue weighted by Gasteiger charge is -2.41. The van der Waals surface area contributed by atoms with E-state index in [1.807, 2.05) is 12.1 Å². The van der Waals surface area contributed by atoms with Gasteiger partial charge in [-0.05, 0) is 60.8 Å². The summed E-state index contributed by atoms with van der Waals surface area (Å²) in [6.45, 7) is 12.5. The second-order valence-electron chi connectivity index (χ2n) is 10.8. The number of esters is 1. The number of fused-ring (bicyclic) bond motifs is 1. The van der Waals surface area contributed by atoms with Crippen molar-refractivity contribution in [1.82, 2.24) is 14.9 Å². The van der Waals surface area contributed by atoms with Gasteiger partial charge in [-0.1, -0.05) is 45.5 Å². The monoisotopic (exact) mass is 526 g/mol. The minimum atomic E-state index is -0.396. The first-order valence-electron chi connectivity index (χ1n) is 12.4. The Labute approximate surface area is 223 Å². The SMILES string of the molecule is C/C(=C(\CCO)SCOC(=O)c1ccc2c(c1)C(C)(C)CCC2(C)C)N(C=O)Cc1cnc(C)nc1N. The smallest absolute Gasteiger partial charge is 0.338 e. The average Bonchev–Trinajstić information content (AvgIpc) is 2.85. The van der Waals surface area contributed by atoms with Crippen LogP contribution >= 0.6 is 11.8 Å². The number of nitrogens with zero attached hydrogens (tertiary/aromatic N) is 3. The van der Waals surface area contributed by atoms with E-state index in [1.54, 1.807) is 20.0 Å². The molecule has 0 radical (unpaired) electrons. The fourth-order valence-corrected chi connectivity index (χ4v) is 5.50. The van der Waals surface area contributed by atoms with E-state index in [4.69, 9.17) is 10.5 Å². The molecular weight excluding hydrogens is 488 g/mol. The van der Waals surface area contributed by atoms with Gasteiger partial charge in [-0.3, -0.25) is 4.79 Å². The number of aromatic nitrogens is 2. The highest BCUT2D eigenvalue weighted by molar-refractivity contribution is 8.02. The van der Waals surface area contributed by atoms with Crippen LogP contribution in [0.1, 0.15) is 86.8 Å². The van der Waals surface area contributed by atoms with Crippen LogP contribution in [0.4, 0.5) is 5.82 Å². The number of amides is 1. The van der Waals surface area contributed by atoms with Crippen LogP contribution in [0.15, 0.2) is 35.0 Å². The van der Waals surface area contributed by atoms with Gasteiger partial charge in [-0.15, -0.1) is 0 Å². The number of allylic oxidation sites excluding steroid dienone is 1. The second kappa shape index (κ2) is 11.6. The Kier molecular flexibility index (Phi) is 9.02. The van der Waals surface area contributed by atoms with E-state index in [0.29, 0.717) is 41.3 Å². The largest absolute Gasteiger partial charge is 0.451 e. The molecule has 1 heterocycles. The zero-order valence-corrected chi connectivity index (χ0v) is 23.4. The maximum Gasteiger partial charge on any atom is 0.338 e. The summed E-state index contributed by atoms with van der Waals surface area (Å²) in [5.41, 5.74) is 10.3. The van der Waals surface area contributed by atoms with Crippen LogP contribution in [0.2, 0.25) is 0 Å². The number of carbonyl (C=O) groups is 2. The summed E-state index contributed by atoms with van der Waals surface area (Å²) in [7, 11) is 0. The molecule has 200 valence electrons. The number of aliphatic hydroxyl groups excluding tert-OH is 1. The molecule has 3 rings (SSSR count). The number of rotatable bonds is 10. The first-order valence-corrected chi connectivity index (χ1v) is 13.4. The van der Waals surface area contributed by atoms with Crippen LogP contribution < -0.4 is 5.73 Å². The normalized spacial score (nSPS) is 16.4. The number of benzene rings is 1. The van der Waals surface area contributed by atoms with Gasteiger partial charge in [0.1, 0.15) is 17.6 Å². The van der Waals surface area contributed by atoms with Gasteiger partial charge in [0.25, 0.3) is 0 Å². The van der Waals surface area contributed by atoms with Crippen molar-refractivity contribution in [3.63, 3.8) is 0 Å². The Morgan fingerprint density at radius 2 is 1.89 bits per heavy atom. The molecule has 0 fully saturated rings. The molecule has 1 aromatic carbocycles. The lowest BCUT2D eigenvalue weighted by Crippen LogP contribution is -2.34. The number of aliphatic hydroxyl groups is 1. The Morgan fingerprint density at radius 1 is 1.22 bits per heavy atom. The first-order chi connectivity index (χ1) is 17.4. The number of anilines is 1. The second-order valence-corrected chi connectivity index (χ2v) is 11.8. The van der Waals surface area contributed by atoms with Crippen LogP contribution in [0.25, 0.3) is 0 Å². The molecule has 0 saturated heterocycles. The molecule has 0 unspecified atom stereocenters. The Bertz CT molecular complexity index is 1190. The minimum absolute atomic E-state index is 0.00574. The van der Waals surface area contributed by atoms with Crippen molar-refractivity contribution in [1.29, 1.82) is 0 Å². The Balaban J connectivity index is 1.72. The average molecular weight is 527 g/mol. The van der Waals surface area contributed by atoms with E-state index >= 15 is 0 Å². The third kappa shape index (κ3) is 6.70. The maximum absolute atomic E-state index is 12.9. The summed E-state index contributed by atoms with van der Waals surface area (Å²) in [4.78, 5) is 35.3. The van der Waals surface area contributed by atoms with Crippen molar-refractivity contribution in [2.24, 2.45) is 0 Å². The molecule has 0 bridgehead atoms. The molecule has 1 amide bonds. The molecule has 37 heavy (non-hydrogen) atoms. The molecule has 1 aliphatic rings. The van der Waals surface area contributed by atoms with Crippen LogP contribution in [0, 0.1) is 6.92 Å². The van der Waals surface area contributed by atoms with Gasteiger partial charge in [0.05, 0.1) is 12.1 Å². The van der Waals surface area contributed by atoms with E-state index in [2.05, 4.69) is 43.7 Å². The summed E-state index contributed by atoms with van der Waals surface area (Å²) in [6, 6.07) is 5.87. The number of hydrogen-bond donors (Lipinski definition) is 2. The molecule has 1 aromatic heterocycles. The number of carbonyl (C=O) groups excluding carboxylic acids is 2. The summed E-state index contributed by atoms with van der Waals surface area (Å²) in [5.74, 6) is 0.525. The summed E-state index contributed by atoms with van der Waals surface area (Å²) < 4.78 is 5.59. The lowest BCUT2D eigenvalue weighted by atomic mass is 9.63. The zero-order chi connectivity index (χ0) is 27.4. The number of hydrogen-bond acceptors (Lipinski definition) is 8. The molecule has 0 aliphatic heterocycles. The molecule has 1 aliphatic carbocycles. The van der Waals surface area contributed by atoms with E-state index in [-0.39, 0.29) is 29.9 Å². The summed E-state index contributed by atoms with van der Waals surface area (Å²) in [6.07, 6.45) is 4.79. The van der Waals surface area contributed by atoms with Gasteiger partial charge in [-0.25, -0.2) is 14.8 Å². The van der Waals surface area contributed by atoms with E-state index in [9.17, 15) is 14.7 Å². The van der Waals surface area contributed by atoms with Crippen LogP contribution in [0.3, 0.4) is 0 Å². The molecule has 3 N–H and O–H groups in total. The van der Waals surface area contributed by atoms with Crippen molar-refractivity contribution < 1.29 is 19.4 Å². The lowest BCUT2D eigenvalue weighted by molar-refractivity contribution is -0.116. The van der Waals surface area contributed by atoms with Gasteiger partial charge in [0.15, 0.2) is 0 Å². The highest BCUT2D eigenvalue weighted by Crippen LogP contribution is 2.46. The predicted octanol–water partition coefficient (Wildman–Crippen LogP) is 4.84. The summed E-state index contributed by atoms with van der Waals surface area (Å²) >= 11 is 1.28. The minimum Gasteiger partial charge on any atom is -0.451 e. The predicted molar refractivity (Wildman–Crippen MR) is 147 cm³/mol.